The first-order chi connectivity index (χ1) is 11.3. The summed E-state index contributed by atoms with van der Waals surface area (Å²) < 4.78 is 0. The van der Waals surface area contributed by atoms with Gasteiger partial charge in [0.15, 0.2) is 0 Å². The SMILES string of the molecule is CCN1[C]N(CC2CCCN2Cc2ccccc2)C=C1.[Br][Pd][Br]. The summed E-state index contributed by atoms with van der Waals surface area (Å²) in [5, 5.41) is 0. The van der Waals surface area contributed by atoms with Gasteiger partial charge in [-0.15, -0.1) is 0 Å². The molecule has 2 aliphatic rings. The van der Waals surface area contributed by atoms with E-state index in [2.05, 4.69) is 97.9 Å². The average Bonchev–Trinajstić information content (AvgIpc) is 3.19. The van der Waals surface area contributed by atoms with Crippen LogP contribution in [0.5, 0.6) is 0 Å². The van der Waals surface area contributed by atoms with Crippen molar-refractivity contribution in [3.05, 3.63) is 55.0 Å². The Hall–Kier alpha value is 0.142. The molecule has 23 heavy (non-hydrogen) atoms. The molecule has 0 aliphatic carbocycles. The van der Waals surface area contributed by atoms with Crippen LogP contribution in [0, 0.1) is 6.67 Å². The molecule has 0 N–H and O–H groups in total. The summed E-state index contributed by atoms with van der Waals surface area (Å²) >= 11 is 6.80. The van der Waals surface area contributed by atoms with Crippen LogP contribution < -0.4 is 0 Å². The fourth-order valence-corrected chi connectivity index (χ4v) is 3.03. The van der Waals surface area contributed by atoms with Crippen molar-refractivity contribution < 1.29 is 13.9 Å². The first-order valence-corrected chi connectivity index (χ1v) is 15.0. The van der Waals surface area contributed by atoms with E-state index >= 15 is 0 Å². The minimum absolute atomic E-state index is 0.575. The number of hydrogen-bond acceptors (Lipinski definition) is 3. The molecule has 1 aromatic carbocycles. The number of nitrogens with zero attached hydrogens (tertiary/aromatic N) is 3. The van der Waals surface area contributed by atoms with E-state index in [4.69, 9.17) is 0 Å². The molecule has 0 bridgehead atoms. The quantitative estimate of drug-likeness (QED) is 0.517. The molecule has 3 nitrogen and oxygen atoms in total. The molecular formula is C17H23Br2N3Pd. The number of hydrogen-bond donors (Lipinski definition) is 0. The predicted molar refractivity (Wildman–Crippen MR) is 99.2 cm³/mol. The summed E-state index contributed by atoms with van der Waals surface area (Å²) in [4.78, 5) is 6.92. The number of likely N-dealkylation sites (tertiary alicyclic amines) is 1. The van der Waals surface area contributed by atoms with Crippen LogP contribution >= 0.6 is 26.9 Å². The summed E-state index contributed by atoms with van der Waals surface area (Å²) in [7, 11) is 0. The summed E-state index contributed by atoms with van der Waals surface area (Å²) in [6.45, 7) is 9.87. The Morgan fingerprint density at radius 3 is 2.52 bits per heavy atom. The van der Waals surface area contributed by atoms with Gasteiger partial charge in [-0.2, -0.15) is 0 Å². The topological polar surface area (TPSA) is 9.72 Å². The third kappa shape index (κ3) is 6.51. The van der Waals surface area contributed by atoms with Crippen molar-refractivity contribution in [2.75, 3.05) is 19.6 Å². The van der Waals surface area contributed by atoms with Crippen LogP contribution in [0.25, 0.3) is 0 Å². The van der Waals surface area contributed by atoms with E-state index in [0.717, 1.165) is 19.6 Å². The van der Waals surface area contributed by atoms with Crippen LogP contribution in [0.4, 0.5) is 0 Å². The monoisotopic (exact) mass is 533 g/mol. The Kier molecular flexibility index (Phi) is 9.22. The molecule has 1 aromatic rings. The summed E-state index contributed by atoms with van der Waals surface area (Å²) in [5.74, 6) is 0. The van der Waals surface area contributed by atoms with Gasteiger partial charge >= 0.3 is 40.8 Å². The normalized spacial score (nSPS) is 20.9. The van der Waals surface area contributed by atoms with Crippen molar-refractivity contribution in [3.8, 4) is 0 Å². The van der Waals surface area contributed by atoms with Crippen molar-refractivity contribution in [1.82, 2.24) is 14.7 Å². The van der Waals surface area contributed by atoms with E-state index in [1.807, 2.05) is 0 Å². The van der Waals surface area contributed by atoms with Gasteiger partial charge in [-0.05, 0) is 31.9 Å². The molecule has 0 spiro atoms. The second-order valence-electron chi connectivity index (χ2n) is 5.63. The minimum atomic E-state index is 0.575. The van der Waals surface area contributed by atoms with Gasteiger partial charge in [0.2, 0.25) is 6.67 Å². The molecule has 0 aromatic heterocycles. The molecule has 2 aliphatic heterocycles. The van der Waals surface area contributed by atoms with Gasteiger partial charge in [0.05, 0.1) is 0 Å². The fraction of sp³-hybridized carbons (Fsp3) is 0.471. The summed E-state index contributed by atoms with van der Waals surface area (Å²) in [6, 6.07) is 11.4. The first kappa shape index (κ1) is 19.5. The summed E-state index contributed by atoms with van der Waals surface area (Å²) in [5.41, 5.74) is 1.42. The molecule has 6 heteroatoms. The number of halogens is 2. The zero-order valence-electron chi connectivity index (χ0n) is 13.3. The van der Waals surface area contributed by atoms with Crippen LogP contribution in [-0.4, -0.2) is 40.4 Å². The molecule has 0 amide bonds. The molecule has 1 unspecified atom stereocenters. The zero-order valence-corrected chi connectivity index (χ0v) is 18.0. The van der Waals surface area contributed by atoms with E-state index in [1.165, 1.54) is 24.9 Å². The standard InChI is InChI=1S/C17H23N3.2BrH.Pd/c1-2-18-11-12-19(15-18)14-17-9-6-10-20(17)13-16-7-4-3-5-8-16;;;/h3-5,7-8,11-12,17H,2,6,9-10,13-14H2,1H3;2*1H;/q;;;+2/p-2. The molecule has 0 saturated carbocycles. The van der Waals surface area contributed by atoms with Gasteiger partial charge < -0.3 is 9.80 Å². The van der Waals surface area contributed by atoms with Gasteiger partial charge in [-0.3, -0.25) is 4.90 Å². The average molecular weight is 536 g/mol. The first-order valence-electron chi connectivity index (χ1n) is 7.85. The van der Waals surface area contributed by atoms with E-state index in [9.17, 15) is 0 Å². The predicted octanol–water partition coefficient (Wildman–Crippen LogP) is 4.44. The second kappa shape index (κ2) is 10.9. The molecule has 1 atom stereocenters. The van der Waals surface area contributed by atoms with Crippen molar-refractivity contribution in [1.29, 1.82) is 0 Å². The summed E-state index contributed by atoms with van der Waals surface area (Å²) in [6.07, 6.45) is 6.86. The fourth-order valence-electron chi connectivity index (χ4n) is 3.03. The van der Waals surface area contributed by atoms with Gasteiger partial charge in [-0.1, -0.05) is 30.3 Å². The van der Waals surface area contributed by atoms with Crippen LogP contribution in [0.15, 0.2) is 42.7 Å². The Bertz CT molecular complexity index is 472. The number of benzene rings is 1. The Morgan fingerprint density at radius 1 is 1.17 bits per heavy atom. The molecule has 1 fully saturated rings. The molecular weight excluding hydrogens is 512 g/mol. The van der Waals surface area contributed by atoms with Crippen molar-refractivity contribution in [2.45, 2.75) is 32.4 Å². The van der Waals surface area contributed by atoms with E-state index in [0.29, 0.717) is 20.0 Å². The van der Waals surface area contributed by atoms with Crippen LogP contribution in [0.3, 0.4) is 0 Å². The number of rotatable bonds is 5. The van der Waals surface area contributed by atoms with Gasteiger partial charge in [0, 0.05) is 38.1 Å². The molecule has 130 valence electrons. The van der Waals surface area contributed by atoms with Crippen LogP contribution in [0.1, 0.15) is 25.3 Å². The van der Waals surface area contributed by atoms with Gasteiger partial charge in [-0.25, -0.2) is 0 Å². The molecule has 2 radical (unpaired) electrons. The van der Waals surface area contributed by atoms with Gasteiger partial charge in [0.1, 0.15) is 0 Å². The van der Waals surface area contributed by atoms with Crippen LogP contribution in [0.2, 0.25) is 0 Å². The third-order valence-electron chi connectivity index (χ3n) is 4.16. The van der Waals surface area contributed by atoms with E-state index < -0.39 is 0 Å². The maximum atomic E-state index is 3.38. The van der Waals surface area contributed by atoms with Crippen molar-refractivity contribution in [3.63, 3.8) is 0 Å². The third-order valence-corrected chi connectivity index (χ3v) is 4.16. The Morgan fingerprint density at radius 2 is 1.87 bits per heavy atom. The molecule has 2 heterocycles. The van der Waals surface area contributed by atoms with E-state index in [1.54, 1.807) is 0 Å². The second-order valence-corrected chi connectivity index (χ2v) is 12.8. The van der Waals surface area contributed by atoms with Crippen LogP contribution in [-0.2, 0) is 20.5 Å². The maximum absolute atomic E-state index is 3.38. The zero-order chi connectivity index (χ0) is 16.5. The Labute approximate surface area is 161 Å². The van der Waals surface area contributed by atoms with Gasteiger partial charge in [0.25, 0.3) is 0 Å². The van der Waals surface area contributed by atoms with E-state index in [-0.39, 0.29) is 0 Å². The molecule has 3 rings (SSSR count). The van der Waals surface area contributed by atoms with Crippen molar-refractivity contribution >= 4 is 26.9 Å². The molecule has 1 saturated heterocycles. The Balaban J connectivity index is 0.000000595. The van der Waals surface area contributed by atoms with Crippen molar-refractivity contribution in [2.24, 2.45) is 0 Å².